The van der Waals surface area contributed by atoms with Crippen LogP contribution >= 0.6 is 23.2 Å². The number of aromatic hydroxyl groups is 1. The minimum absolute atomic E-state index is 0.131. The lowest BCUT2D eigenvalue weighted by Gasteiger charge is -2.24. The standard InChI is InChI=1S/C13H19Cl2NO/c1-4-5-9(2)16(3)8-10-6-11(14)7-12(15)13(10)17/h6-7,9,17H,4-5,8H2,1-3H3. The third kappa shape index (κ3) is 4.06. The van der Waals surface area contributed by atoms with Gasteiger partial charge in [-0.3, -0.25) is 4.90 Å². The topological polar surface area (TPSA) is 23.5 Å². The monoisotopic (exact) mass is 275 g/mol. The van der Waals surface area contributed by atoms with Crippen molar-refractivity contribution in [3.8, 4) is 5.75 Å². The summed E-state index contributed by atoms with van der Waals surface area (Å²) in [5.41, 5.74) is 0.771. The molecule has 0 saturated heterocycles. The van der Waals surface area contributed by atoms with Crippen LogP contribution in [0.3, 0.4) is 0 Å². The molecule has 1 aromatic rings. The number of phenolic OH excluding ortho intramolecular Hbond substituents is 1. The molecule has 0 amide bonds. The van der Waals surface area contributed by atoms with Crippen molar-refractivity contribution in [2.75, 3.05) is 7.05 Å². The summed E-state index contributed by atoms with van der Waals surface area (Å²) < 4.78 is 0. The lowest BCUT2D eigenvalue weighted by Crippen LogP contribution is -2.28. The highest BCUT2D eigenvalue weighted by atomic mass is 35.5. The van der Waals surface area contributed by atoms with Crippen molar-refractivity contribution in [1.29, 1.82) is 0 Å². The Morgan fingerprint density at radius 3 is 2.59 bits per heavy atom. The molecule has 0 radical (unpaired) electrons. The number of rotatable bonds is 5. The van der Waals surface area contributed by atoms with E-state index >= 15 is 0 Å². The smallest absolute Gasteiger partial charge is 0.138 e. The van der Waals surface area contributed by atoms with Gasteiger partial charge in [0.05, 0.1) is 5.02 Å². The Hall–Kier alpha value is -0.440. The van der Waals surface area contributed by atoms with Gasteiger partial charge in [0.2, 0.25) is 0 Å². The van der Waals surface area contributed by atoms with Gasteiger partial charge in [0.1, 0.15) is 5.75 Å². The largest absolute Gasteiger partial charge is 0.506 e. The predicted octanol–water partition coefficient (Wildman–Crippen LogP) is 4.32. The molecule has 0 spiro atoms. The van der Waals surface area contributed by atoms with E-state index in [4.69, 9.17) is 23.2 Å². The molecule has 96 valence electrons. The van der Waals surface area contributed by atoms with Crippen LogP contribution in [0, 0.1) is 0 Å². The average Bonchev–Trinajstić information content (AvgIpc) is 2.25. The SMILES string of the molecule is CCCC(C)N(C)Cc1cc(Cl)cc(Cl)c1O. The summed E-state index contributed by atoms with van der Waals surface area (Å²) in [5, 5.41) is 10.7. The Morgan fingerprint density at radius 2 is 2.00 bits per heavy atom. The van der Waals surface area contributed by atoms with Crippen LogP contribution in [0.5, 0.6) is 5.75 Å². The van der Waals surface area contributed by atoms with Gasteiger partial charge in [-0.25, -0.2) is 0 Å². The van der Waals surface area contributed by atoms with Crippen LogP contribution in [-0.2, 0) is 6.54 Å². The summed E-state index contributed by atoms with van der Waals surface area (Å²) in [6, 6.07) is 3.78. The number of hydrogen-bond donors (Lipinski definition) is 1. The second-order valence-electron chi connectivity index (χ2n) is 4.45. The van der Waals surface area contributed by atoms with Crippen molar-refractivity contribution in [2.45, 2.75) is 39.3 Å². The highest BCUT2D eigenvalue weighted by molar-refractivity contribution is 6.35. The number of hydrogen-bond acceptors (Lipinski definition) is 2. The molecule has 0 bridgehead atoms. The zero-order valence-electron chi connectivity index (χ0n) is 10.5. The second kappa shape index (κ2) is 6.48. The first-order valence-electron chi connectivity index (χ1n) is 5.82. The summed E-state index contributed by atoms with van der Waals surface area (Å²) in [6.45, 7) is 4.98. The molecule has 0 aliphatic rings. The van der Waals surface area contributed by atoms with Gasteiger partial charge in [-0.05, 0) is 32.5 Å². The molecule has 0 fully saturated rings. The Labute approximate surface area is 113 Å². The zero-order chi connectivity index (χ0) is 13.0. The maximum Gasteiger partial charge on any atom is 0.138 e. The maximum absolute atomic E-state index is 9.87. The fourth-order valence-corrected chi connectivity index (χ4v) is 2.34. The van der Waals surface area contributed by atoms with E-state index in [0.717, 1.165) is 18.4 Å². The van der Waals surface area contributed by atoms with Crippen LogP contribution in [0.25, 0.3) is 0 Å². The maximum atomic E-state index is 9.87. The quantitative estimate of drug-likeness (QED) is 0.865. The van der Waals surface area contributed by atoms with E-state index in [-0.39, 0.29) is 5.75 Å². The number of halogens is 2. The average molecular weight is 276 g/mol. The lowest BCUT2D eigenvalue weighted by atomic mass is 10.1. The zero-order valence-corrected chi connectivity index (χ0v) is 12.0. The first-order chi connectivity index (χ1) is 7.95. The first-order valence-corrected chi connectivity index (χ1v) is 6.58. The van der Waals surface area contributed by atoms with Gasteiger partial charge in [0.25, 0.3) is 0 Å². The second-order valence-corrected chi connectivity index (χ2v) is 5.29. The Kier molecular flexibility index (Phi) is 5.57. The normalized spacial score (nSPS) is 13.1. The summed E-state index contributed by atoms with van der Waals surface area (Å²) >= 11 is 11.8. The fraction of sp³-hybridized carbons (Fsp3) is 0.538. The van der Waals surface area contributed by atoms with Gasteiger partial charge in [-0.15, -0.1) is 0 Å². The molecule has 1 aromatic carbocycles. The Balaban J connectivity index is 2.81. The predicted molar refractivity (Wildman–Crippen MR) is 74.0 cm³/mol. The van der Waals surface area contributed by atoms with Gasteiger partial charge < -0.3 is 5.11 Å². The summed E-state index contributed by atoms with van der Waals surface area (Å²) in [6.07, 6.45) is 2.28. The molecule has 1 N–H and O–H groups in total. The van der Waals surface area contributed by atoms with Gasteiger partial charge in [-0.1, -0.05) is 36.5 Å². The Bertz CT molecular complexity index is 382. The van der Waals surface area contributed by atoms with Crippen LogP contribution in [0.15, 0.2) is 12.1 Å². The van der Waals surface area contributed by atoms with Crippen LogP contribution in [0.1, 0.15) is 32.3 Å². The van der Waals surface area contributed by atoms with E-state index in [1.165, 1.54) is 0 Å². The Morgan fingerprint density at radius 1 is 1.35 bits per heavy atom. The molecular weight excluding hydrogens is 257 g/mol. The highest BCUT2D eigenvalue weighted by Crippen LogP contribution is 2.32. The molecule has 0 heterocycles. The molecule has 0 aromatic heterocycles. The van der Waals surface area contributed by atoms with E-state index in [0.29, 0.717) is 22.6 Å². The van der Waals surface area contributed by atoms with Crippen molar-refractivity contribution in [2.24, 2.45) is 0 Å². The summed E-state index contributed by atoms with van der Waals surface area (Å²) in [5.74, 6) is 0.131. The molecule has 1 atom stereocenters. The van der Waals surface area contributed by atoms with Crippen LogP contribution in [0.4, 0.5) is 0 Å². The van der Waals surface area contributed by atoms with E-state index < -0.39 is 0 Å². The van der Waals surface area contributed by atoms with Crippen LogP contribution in [0.2, 0.25) is 10.0 Å². The van der Waals surface area contributed by atoms with Crippen LogP contribution in [-0.4, -0.2) is 23.1 Å². The third-order valence-corrected chi connectivity index (χ3v) is 3.49. The van der Waals surface area contributed by atoms with Crippen molar-refractivity contribution in [3.63, 3.8) is 0 Å². The van der Waals surface area contributed by atoms with Crippen molar-refractivity contribution in [3.05, 3.63) is 27.7 Å². The van der Waals surface area contributed by atoms with Crippen molar-refractivity contribution in [1.82, 2.24) is 4.90 Å². The van der Waals surface area contributed by atoms with Gasteiger partial charge in [0.15, 0.2) is 0 Å². The van der Waals surface area contributed by atoms with E-state index in [9.17, 15) is 5.11 Å². The first kappa shape index (κ1) is 14.6. The number of nitrogens with zero attached hydrogens (tertiary/aromatic N) is 1. The van der Waals surface area contributed by atoms with E-state index in [2.05, 4.69) is 18.7 Å². The van der Waals surface area contributed by atoms with Gasteiger partial charge in [0, 0.05) is 23.2 Å². The molecule has 2 nitrogen and oxygen atoms in total. The highest BCUT2D eigenvalue weighted by Gasteiger charge is 2.13. The lowest BCUT2D eigenvalue weighted by molar-refractivity contribution is 0.234. The van der Waals surface area contributed by atoms with Gasteiger partial charge in [-0.2, -0.15) is 0 Å². The molecule has 1 unspecified atom stereocenters. The molecule has 0 aliphatic heterocycles. The molecule has 1 rings (SSSR count). The summed E-state index contributed by atoms with van der Waals surface area (Å²) in [4.78, 5) is 2.19. The third-order valence-electron chi connectivity index (χ3n) is 2.99. The molecule has 17 heavy (non-hydrogen) atoms. The van der Waals surface area contributed by atoms with Crippen molar-refractivity contribution < 1.29 is 5.11 Å². The fourth-order valence-electron chi connectivity index (χ4n) is 1.80. The van der Waals surface area contributed by atoms with E-state index in [1.54, 1.807) is 12.1 Å². The molecular formula is C13H19Cl2NO. The van der Waals surface area contributed by atoms with Crippen LogP contribution < -0.4 is 0 Å². The van der Waals surface area contributed by atoms with Crippen molar-refractivity contribution >= 4 is 23.2 Å². The number of benzene rings is 1. The minimum atomic E-state index is 0.131. The van der Waals surface area contributed by atoms with E-state index in [1.807, 2.05) is 7.05 Å². The molecule has 0 saturated carbocycles. The summed E-state index contributed by atoms with van der Waals surface area (Å²) in [7, 11) is 2.04. The van der Waals surface area contributed by atoms with Gasteiger partial charge >= 0.3 is 0 Å². The minimum Gasteiger partial charge on any atom is -0.506 e. The molecule has 4 heteroatoms. The number of phenols is 1. The molecule has 0 aliphatic carbocycles.